The van der Waals surface area contributed by atoms with Gasteiger partial charge in [0.1, 0.15) is 0 Å². The first kappa shape index (κ1) is 16.9. The Balaban J connectivity index is 1.90. The molecule has 1 aromatic heterocycles. The van der Waals surface area contributed by atoms with E-state index in [0.717, 1.165) is 16.7 Å². The van der Waals surface area contributed by atoms with Crippen LogP contribution in [0.5, 0.6) is 0 Å². The van der Waals surface area contributed by atoms with Crippen LogP contribution in [0.2, 0.25) is 0 Å². The van der Waals surface area contributed by atoms with Crippen LogP contribution in [0.25, 0.3) is 6.08 Å². The average Bonchev–Trinajstić information content (AvgIpc) is 2.58. The van der Waals surface area contributed by atoms with Gasteiger partial charge in [0.15, 0.2) is 0 Å². The molecule has 4 nitrogen and oxygen atoms in total. The van der Waals surface area contributed by atoms with Crippen molar-refractivity contribution in [3.63, 3.8) is 0 Å². The highest BCUT2D eigenvalue weighted by atomic mass is 16.5. The zero-order chi connectivity index (χ0) is 16.5. The summed E-state index contributed by atoms with van der Waals surface area (Å²) in [5.41, 5.74) is 3.06. The Kier molecular flexibility index (Phi) is 6.51. The van der Waals surface area contributed by atoms with E-state index in [-0.39, 0.29) is 12.0 Å². The quantitative estimate of drug-likeness (QED) is 0.798. The standard InChI is InChI=1S/C19H22N2O2/c1-15(2)23-14-18-8-4-3-7-17(18)13-21-19(22)10-9-16-6-5-11-20-12-16/h3-12,15H,13-14H2,1-2H3,(H,21,22). The second kappa shape index (κ2) is 8.86. The second-order valence-electron chi connectivity index (χ2n) is 5.47. The molecule has 4 heteroatoms. The van der Waals surface area contributed by atoms with Gasteiger partial charge in [0.2, 0.25) is 5.91 Å². The molecular weight excluding hydrogens is 288 g/mol. The number of rotatable bonds is 7. The number of hydrogen-bond donors (Lipinski definition) is 1. The Morgan fingerprint density at radius 1 is 1.22 bits per heavy atom. The molecule has 23 heavy (non-hydrogen) atoms. The Hall–Kier alpha value is -2.46. The minimum absolute atomic E-state index is 0.131. The lowest BCUT2D eigenvalue weighted by molar-refractivity contribution is -0.116. The lowest BCUT2D eigenvalue weighted by Crippen LogP contribution is -2.21. The average molecular weight is 310 g/mol. The van der Waals surface area contributed by atoms with Crippen molar-refractivity contribution in [2.45, 2.75) is 33.1 Å². The van der Waals surface area contributed by atoms with Crippen molar-refractivity contribution in [1.82, 2.24) is 10.3 Å². The van der Waals surface area contributed by atoms with Gasteiger partial charge in [0.05, 0.1) is 12.7 Å². The Bertz CT molecular complexity index is 651. The van der Waals surface area contributed by atoms with Crippen LogP contribution >= 0.6 is 0 Å². The molecule has 0 spiro atoms. The molecular formula is C19H22N2O2. The smallest absolute Gasteiger partial charge is 0.244 e. The molecule has 0 saturated heterocycles. The highest BCUT2D eigenvalue weighted by molar-refractivity contribution is 5.91. The molecule has 120 valence electrons. The normalized spacial score (nSPS) is 11.1. The minimum atomic E-state index is -0.131. The van der Waals surface area contributed by atoms with Crippen LogP contribution < -0.4 is 5.32 Å². The van der Waals surface area contributed by atoms with Crippen molar-refractivity contribution in [3.8, 4) is 0 Å². The van der Waals surface area contributed by atoms with Crippen LogP contribution in [-0.2, 0) is 22.7 Å². The third-order valence-electron chi connectivity index (χ3n) is 3.26. The number of carbonyl (C=O) groups is 1. The Morgan fingerprint density at radius 2 is 2.00 bits per heavy atom. The molecule has 0 aliphatic rings. The van der Waals surface area contributed by atoms with Gasteiger partial charge in [-0.2, -0.15) is 0 Å². The van der Waals surface area contributed by atoms with E-state index < -0.39 is 0 Å². The monoisotopic (exact) mass is 310 g/mol. The molecule has 0 aliphatic carbocycles. The SMILES string of the molecule is CC(C)OCc1ccccc1CNC(=O)C=Cc1cccnc1. The van der Waals surface area contributed by atoms with E-state index >= 15 is 0 Å². The van der Waals surface area contributed by atoms with E-state index in [2.05, 4.69) is 10.3 Å². The van der Waals surface area contributed by atoms with Gasteiger partial charge in [-0.05, 0) is 42.7 Å². The molecule has 1 aromatic carbocycles. The Labute approximate surface area is 137 Å². The largest absolute Gasteiger partial charge is 0.374 e. The number of ether oxygens (including phenoxy) is 1. The van der Waals surface area contributed by atoms with Crippen LogP contribution in [0.4, 0.5) is 0 Å². The molecule has 0 unspecified atom stereocenters. The molecule has 0 radical (unpaired) electrons. The molecule has 0 saturated carbocycles. The van der Waals surface area contributed by atoms with Gasteiger partial charge >= 0.3 is 0 Å². The van der Waals surface area contributed by atoms with E-state index in [1.54, 1.807) is 18.5 Å². The molecule has 1 heterocycles. The van der Waals surface area contributed by atoms with Gasteiger partial charge in [-0.1, -0.05) is 30.3 Å². The van der Waals surface area contributed by atoms with E-state index in [1.807, 2.05) is 50.2 Å². The summed E-state index contributed by atoms with van der Waals surface area (Å²) in [5, 5.41) is 2.90. The molecule has 0 fully saturated rings. The summed E-state index contributed by atoms with van der Waals surface area (Å²) in [4.78, 5) is 15.9. The van der Waals surface area contributed by atoms with Crippen LogP contribution in [0.3, 0.4) is 0 Å². The van der Waals surface area contributed by atoms with E-state index in [4.69, 9.17) is 4.74 Å². The van der Waals surface area contributed by atoms with Gasteiger partial charge < -0.3 is 10.1 Å². The molecule has 2 rings (SSSR count). The first-order chi connectivity index (χ1) is 11.1. The number of hydrogen-bond acceptors (Lipinski definition) is 3. The molecule has 0 aliphatic heterocycles. The molecule has 2 aromatic rings. The lowest BCUT2D eigenvalue weighted by Gasteiger charge is -2.12. The second-order valence-corrected chi connectivity index (χ2v) is 5.47. The summed E-state index contributed by atoms with van der Waals surface area (Å²) < 4.78 is 5.65. The summed E-state index contributed by atoms with van der Waals surface area (Å²) in [7, 11) is 0. The summed E-state index contributed by atoms with van der Waals surface area (Å²) in [5.74, 6) is -0.131. The third-order valence-corrected chi connectivity index (χ3v) is 3.26. The number of benzene rings is 1. The molecule has 1 amide bonds. The van der Waals surface area contributed by atoms with Crippen LogP contribution in [0.15, 0.2) is 54.9 Å². The van der Waals surface area contributed by atoms with Crippen LogP contribution in [0, 0.1) is 0 Å². The first-order valence-corrected chi connectivity index (χ1v) is 7.69. The molecule has 1 N–H and O–H groups in total. The van der Waals surface area contributed by atoms with Gasteiger partial charge in [-0.3, -0.25) is 9.78 Å². The van der Waals surface area contributed by atoms with Crippen molar-refractivity contribution in [2.24, 2.45) is 0 Å². The summed E-state index contributed by atoms with van der Waals surface area (Å²) in [6, 6.07) is 11.7. The third kappa shape index (κ3) is 6.04. The van der Waals surface area contributed by atoms with E-state index in [1.165, 1.54) is 6.08 Å². The van der Waals surface area contributed by atoms with E-state index in [9.17, 15) is 4.79 Å². The maximum Gasteiger partial charge on any atom is 0.244 e. The Morgan fingerprint density at radius 3 is 2.70 bits per heavy atom. The van der Waals surface area contributed by atoms with Gasteiger partial charge in [-0.15, -0.1) is 0 Å². The highest BCUT2D eigenvalue weighted by Gasteiger charge is 2.04. The van der Waals surface area contributed by atoms with Crippen molar-refractivity contribution in [1.29, 1.82) is 0 Å². The maximum absolute atomic E-state index is 11.9. The first-order valence-electron chi connectivity index (χ1n) is 7.69. The zero-order valence-electron chi connectivity index (χ0n) is 13.5. The summed E-state index contributed by atoms with van der Waals surface area (Å²) >= 11 is 0. The van der Waals surface area contributed by atoms with Crippen LogP contribution in [0.1, 0.15) is 30.5 Å². The molecule has 0 atom stereocenters. The highest BCUT2D eigenvalue weighted by Crippen LogP contribution is 2.11. The van der Waals surface area contributed by atoms with Crippen molar-refractivity contribution >= 4 is 12.0 Å². The minimum Gasteiger partial charge on any atom is -0.374 e. The fourth-order valence-electron chi connectivity index (χ4n) is 2.01. The van der Waals surface area contributed by atoms with E-state index in [0.29, 0.717) is 13.2 Å². The number of amides is 1. The number of nitrogens with zero attached hydrogens (tertiary/aromatic N) is 1. The van der Waals surface area contributed by atoms with Crippen molar-refractivity contribution < 1.29 is 9.53 Å². The number of carbonyl (C=O) groups excluding carboxylic acids is 1. The number of pyridine rings is 1. The lowest BCUT2D eigenvalue weighted by atomic mass is 10.1. The zero-order valence-corrected chi connectivity index (χ0v) is 13.5. The fraction of sp³-hybridized carbons (Fsp3) is 0.263. The predicted octanol–water partition coefficient (Wildman–Crippen LogP) is 3.34. The van der Waals surface area contributed by atoms with Crippen molar-refractivity contribution in [3.05, 3.63) is 71.6 Å². The van der Waals surface area contributed by atoms with Gasteiger partial charge in [-0.25, -0.2) is 0 Å². The summed E-state index contributed by atoms with van der Waals surface area (Å²) in [6.45, 7) is 5.05. The van der Waals surface area contributed by atoms with Crippen LogP contribution in [-0.4, -0.2) is 17.0 Å². The summed E-state index contributed by atoms with van der Waals surface area (Å²) in [6.07, 6.45) is 6.86. The molecule has 0 bridgehead atoms. The van der Waals surface area contributed by atoms with Crippen molar-refractivity contribution in [2.75, 3.05) is 0 Å². The fourth-order valence-corrected chi connectivity index (χ4v) is 2.01. The topological polar surface area (TPSA) is 51.2 Å². The van der Waals surface area contributed by atoms with Gasteiger partial charge in [0, 0.05) is 25.0 Å². The van der Waals surface area contributed by atoms with Gasteiger partial charge in [0.25, 0.3) is 0 Å². The number of nitrogens with one attached hydrogen (secondary N) is 1. The maximum atomic E-state index is 11.9. The number of aromatic nitrogens is 1. The predicted molar refractivity (Wildman–Crippen MR) is 91.5 cm³/mol.